The number of phenols is 1. The quantitative estimate of drug-likeness (QED) is 0.338. The first kappa shape index (κ1) is 21.4. The van der Waals surface area contributed by atoms with Crippen LogP contribution in [0, 0.1) is 0 Å². The predicted molar refractivity (Wildman–Crippen MR) is 123 cm³/mol. The Kier molecular flexibility index (Phi) is 5.83. The summed E-state index contributed by atoms with van der Waals surface area (Å²) in [6.45, 7) is 1.41. The van der Waals surface area contributed by atoms with Crippen LogP contribution in [0.1, 0.15) is 23.6 Å². The van der Waals surface area contributed by atoms with Gasteiger partial charge >= 0.3 is 5.97 Å². The van der Waals surface area contributed by atoms with Gasteiger partial charge in [-0.2, -0.15) is 0 Å². The SMILES string of the molecule is CC(=O)Nc1ccc2[nH]c(-c3cc(CC(=O)O)cc(Cl)c3O)c(Cc3ccccc3)c2n1. The number of aliphatic carboxylic acids is 1. The molecule has 162 valence electrons. The summed E-state index contributed by atoms with van der Waals surface area (Å²) in [5, 5.41) is 22.7. The van der Waals surface area contributed by atoms with Crippen LogP contribution < -0.4 is 5.32 Å². The third-order valence-corrected chi connectivity index (χ3v) is 5.31. The van der Waals surface area contributed by atoms with Gasteiger partial charge in [0.05, 0.1) is 28.2 Å². The van der Waals surface area contributed by atoms with Crippen LogP contribution in [-0.2, 0) is 22.4 Å². The van der Waals surface area contributed by atoms with E-state index in [9.17, 15) is 19.8 Å². The number of aromatic nitrogens is 2. The first-order valence-corrected chi connectivity index (χ1v) is 10.3. The van der Waals surface area contributed by atoms with E-state index in [1.807, 2.05) is 30.3 Å². The fourth-order valence-electron chi connectivity index (χ4n) is 3.69. The molecule has 4 N–H and O–H groups in total. The Labute approximate surface area is 188 Å². The number of rotatable bonds is 6. The summed E-state index contributed by atoms with van der Waals surface area (Å²) in [4.78, 5) is 30.6. The molecular formula is C24H20ClN3O4. The fraction of sp³-hybridized carbons (Fsp3) is 0.125. The van der Waals surface area contributed by atoms with E-state index >= 15 is 0 Å². The molecule has 0 saturated carbocycles. The van der Waals surface area contributed by atoms with Gasteiger partial charge in [-0.1, -0.05) is 41.9 Å². The van der Waals surface area contributed by atoms with Crippen LogP contribution >= 0.6 is 11.6 Å². The maximum atomic E-state index is 11.5. The van der Waals surface area contributed by atoms with E-state index in [0.29, 0.717) is 40.1 Å². The number of aromatic hydroxyl groups is 1. The van der Waals surface area contributed by atoms with Crippen LogP contribution in [-0.4, -0.2) is 32.1 Å². The number of anilines is 1. The van der Waals surface area contributed by atoms with Gasteiger partial charge in [0, 0.05) is 24.5 Å². The number of carboxylic acid groups (broad SMARTS) is 1. The summed E-state index contributed by atoms with van der Waals surface area (Å²) in [5.41, 5.74) is 4.59. The summed E-state index contributed by atoms with van der Waals surface area (Å²) in [6, 6.07) is 16.3. The van der Waals surface area contributed by atoms with Crippen LogP contribution in [0.25, 0.3) is 22.3 Å². The van der Waals surface area contributed by atoms with Gasteiger partial charge in [0.2, 0.25) is 5.91 Å². The normalized spacial score (nSPS) is 10.9. The number of fused-ring (bicyclic) bond motifs is 1. The number of carbonyl (C=O) groups excluding carboxylic acids is 1. The monoisotopic (exact) mass is 449 g/mol. The molecular weight excluding hydrogens is 430 g/mol. The zero-order valence-electron chi connectivity index (χ0n) is 17.1. The van der Waals surface area contributed by atoms with Crippen molar-refractivity contribution in [2.45, 2.75) is 19.8 Å². The molecule has 2 aromatic carbocycles. The van der Waals surface area contributed by atoms with Crippen molar-refractivity contribution in [1.82, 2.24) is 9.97 Å². The molecule has 0 unspecified atom stereocenters. The molecule has 0 aliphatic carbocycles. The molecule has 0 radical (unpaired) electrons. The molecule has 8 heteroatoms. The number of H-pyrrole nitrogens is 1. The third-order valence-electron chi connectivity index (χ3n) is 5.02. The number of hydrogen-bond donors (Lipinski definition) is 4. The van der Waals surface area contributed by atoms with E-state index in [-0.39, 0.29) is 23.1 Å². The summed E-state index contributed by atoms with van der Waals surface area (Å²) >= 11 is 6.23. The molecule has 0 spiro atoms. The van der Waals surface area contributed by atoms with Crippen molar-refractivity contribution in [2.75, 3.05) is 5.32 Å². The number of amides is 1. The van der Waals surface area contributed by atoms with E-state index in [4.69, 9.17) is 11.6 Å². The molecule has 0 bridgehead atoms. The Hall–Kier alpha value is -3.84. The van der Waals surface area contributed by atoms with Crippen molar-refractivity contribution < 1.29 is 19.8 Å². The lowest BCUT2D eigenvalue weighted by Crippen LogP contribution is -2.07. The van der Waals surface area contributed by atoms with Crippen molar-refractivity contribution in [1.29, 1.82) is 0 Å². The van der Waals surface area contributed by atoms with E-state index in [0.717, 1.165) is 11.1 Å². The first-order chi connectivity index (χ1) is 15.3. The number of nitrogens with zero attached hydrogens (tertiary/aromatic N) is 1. The molecule has 0 atom stereocenters. The van der Waals surface area contributed by atoms with Crippen LogP contribution in [0.15, 0.2) is 54.6 Å². The highest BCUT2D eigenvalue weighted by molar-refractivity contribution is 6.32. The van der Waals surface area contributed by atoms with Crippen molar-refractivity contribution in [3.63, 3.8) is 0 Å². The summed E-state index contributed by atoms with van der Waals surface area (Å²) in [5.74, 6) is -0.973. The lowest BCUT2D eigenvalue weighted by atomic mass is 9.98. The topological polar surface area (TPSA) is 115 Å². The van der Waals surface area contributed by atoms with Crippen LogP contribution in [0.3, 0.4) is 0 Å². The van der Waals surface area contributed by atoms with E-state index in [2.05, 4.69) is 15.3 Å². The van der Waals surface area contributed by atoms with Gasteiger partial charge in [-0.15, -0.1) is 0 Å². The summed E-state index contributed by atoms with van der Waals surface area (Å²) < 4.78 is 0. The number of benzene rings is 2. The van der Waals surface area contributed by atoms with Gasteiger partial charge < -0.3 is 20.5 Å². The summed E-state index contributed by atoms with van der Waals surface area (Å²) in [6.07, 6.45) is 0.263. The van der Waals surface area contributed by atoms with Crippen molar-refractivity contribution in [3.8, 4) is 17.0 Å². The van der Waals surface area contributed by atoms with Crippen LogP contribution in [0.5, 0.6) is 5.75 Å². The van der Waals surface area contributed by atoms with E-state index in [1.54, 1.807) is 18.2 Å². The molecule has 4 rings (SSSR count). The Morgan fingerprint density at radius 3 is 2.53 bits per heavy atom. The second-order valence-corrected chi connectivity index (χ2v) is 7.87. The van der Waals surface area contributed by atoms with Crippen LogP contribution in [0.2, 0.25) is 5.02 Å². The number of halogens is 1. The van der Waals surface area contributed by atoms with Crippen molar-refractivity contribution in [3.05, 3.63) is 76.3 Å². The Bertz CT molecular complexity index is 1330. The standard InChI is InChI=1S/C24H20ClN3O4/c1-13(29)26-20-8-7-19-23(28-20)16(9-14-5-3-2-4-6-14)22(27-19)17-10-15(12-21(30)31)11-18(25)24(17)32/h2-8,10-11,27,32H,9,12H2,1H3,(H,30,31)(H,26,28,29). The minimum Gasteiger partial charge on any atom is -0.506 e. The Morgan fingerprint density at radius 1 is 1.09 bits per heavy atom. The summed E-state index contributed by atoms with van der Waals surface area (Å²) in [7, 11) is 0. The number of pyridine rings is 1. The highest BCUT2D eigenvalue weighted by Gasteiger charge is 2.20. The lowest BCUT2D eigenvalue weighted by Gasteiger charge is -2.11. The van der Waals surface area contributed by atoms with Crippen LogP contribution in [0.4, 0.5) is 5.82 Å². The first-order valence-electron chi connectivity index (χ1n) is 9.88. The van der Waals surface area contributed by atoms with Gasteiger partial charge in [0.25, 0.3) is 0 Å². The Morgan fingerprint density at radius 2 is 1.84 bits per heavy atom. The number of carbonyl (C=O) groups is 2. The second kappa shape index (κ2) is 8.72. The minimum atomic E-state index is -1.000. The minimum absolute atomic E-state index is 0.0648. The number of hydrogen-bond acceptors (Lipinski definition) is 4. The van der Waals surface area contributed by atoms with Gasteiger partial charge in [-0.05, 0) is 35.4 Å². The average Bonchev–Trinajstić information content (AvgIpc) is 3.08. The highest BCUT2D eigenvalue weighted by Crippen LogP contribution is 2.40. The molecule has 2 aromatic heterocycles. The second-order valence-electron chi connectivity index (χ2n) is 7.46. The zero-order valence-corrected chi connectivity index (χ0v) is 17.9. The molecule has 4 aromatic rings. The van der Waals surface area contributed by atoms with Gasteiger partial charge in [-0.3, -0.25) is 9.59 Å². The van der Waals surface area contributed by atoms with Gasteiger partial charge in [0.15, 0.2) is 0 Å². The molecule has 2 heterocycles. The largest absolute Gasteiger partial charge is 0.506 e. The molecule has 0 aliphatic heterocycles. The van der Waals surface area contributed by atoms with Crippen molar-refractivity contribution in [2.24, 2.45) is 0 Å². The fourth-order valence-corrected chi connectivity index (χ4v) is 3.93. The molecule has 1 amide bonds. The van der Waals surface area contributed by atoms with E-state index in [1.165, 1.54) is 13.0 Å². The number of carboxylic acids is 1. The zero-order chi connectivity index (χ0) is 22.8. The number of nitrogens with one attached hydrogen (secondary N) is 2. The number of aromatic amines is 1. The maximum absolute atomic E-state index is 11.5. The molecule has 0 saturated heterocycles. The van der Waals surface area contributed by atoms with Gasteiger partial charge in [0.1, 0.15) is 11.6 Å². The molecule has 7 nitrogen and oxygen atoms in total. The number of phenolic OH excluding ortho intramolecular Hbond substituents is 1. The Balaban J connectivity index is 1.94. The maximum Gasteiger partial charge on any atom is 0.307 e. The lowest BCUT2D eigenvalue weighted by molar-refractivity contribution is -0.136. The molecule has 0 aliphatic rings. The average molecular weight is 450 g/mol. The highest BCUT2D eigenvalue weighted by atomic mass is 35.5. The van der Waals surface area contributed by atoms with E-state index < -0.39 is 5.97 Å². The molecule has 0 fully saturated rings. The smallest absolute Gasteiger partial charge is 0.307 e. The van der Waals surface area contributed by atoms with Crippen molar-refractivity contribution >= 4 is 40.3 Å². The predicted octanol–water partition coefficient (Wildman–Crippen LogP) is 4.77. The molecule has 32 heavy (non-hydrogen) atoms. The van der Waals surface area contributed by atoms with Gasteiger partial charge in [-0.25, -0.2) is 4.98 Å². The third kappa shape index (κ3) is 4.43.